The monoisotopic (exact) mass is 268 g/mol. The van der Waals surface area contributed by atoms with Gasteiger partial charge >= 0.3 is 5.97 Å². The van der Waals surface area contributed by atoms with Crippen molar-refractivity contribution in [3.8, 4) is 0 Å². The van der Waals surface area contributed by atoms with Crippen LogP contribution in [-0.2, 0) is 21.6 Å². The maximum atomic E-state index is 11.1. The second kappa shape index (κ2) is 7.23. The first-order valence-corrected chi connectivity index (χ1v) is 6.71. The van der Waals surface area contributed by atoms with Crippen LogP contribution in [0.25, 0.3) is 0 Å². The largest absolute Gasteiger partial charge is 0.466 e. The number of carbonyl (C=O) groups excluding carboxylic acids is 1. The molecule has 0 aliphatic heterocycles. The second-order valence-corrected chi connectivity index (χ2v) is 5.41. The van der Waals surface area contributed by atoms with E-state index in [2.05, 4.69) is 36.4 Å². The highest BCUT2D eigenvalue weighted by atomic mass is 16.5. The Hall–Kier alpha value is -1.43. The van der Waals surface area contributed by atoms with E-state index in [1.54, 1.807) is 0 Å². The van der Waals surface area contributed by atoms with E-state index in [9.17, 15) is 4.79 Å². The van der Waals surface area contributed by atoms with Gasteiger partial charge in [-0.3, -0.25) is 4.79 Å². The van der Waals surface area contributed by atoms with Crippen LogP contribution >= 0.6 is 0 Å². The maximum absolute atomic E-state index is 11.1. The fourth-order valence-corrected chi connectivity index (χ4v) is 1.51. The van der Waals surface area contributed by atoms with Crippen molar-refractivity contribution in [2.75, 3.05) is 13.2 Å². The van der Waals surface area contributed by atoms with Gasteiger partial charge in [-0.1, -0.05) is 5.21 Å². The quantitative estimate of drug-likeness (QED) is 0.599. The predicted octanol–water partition coefficient (Wildman–Crippen LogP) is 1.47. The molecule has 6 nitrogen and oxygen atoms in total. The molecular weight excluding hydrogens is 244 g/mol. The van der Waals surface area contributed by atoms with E-state index >= 15 is 0 Å². The standard InChI is InChI=1S/C13H24N4O2/c1-5-19-12(18)7-6-8-14-9-11-10-17(16-15-11)13(2,3)4/h10,14H,5-9H2,1-4H3. The van der Waals surface area contributed by atoms with Crippen molar-refractivity contribution in [3.05, 3.63) is 11.9 Å². The number of rotatable bonds is 7. The average molecular weight is 268 g/mol. The van der Waals surface area contributed by atoms with Crippen molar-refractivity contribution in [2.24, 2.45) is 0 Å². The van der Waals surface area contributed by atoms with E-state index in [1.165, 1.54) is 0 Å². The van der Waals surface area contributed by atoms with E-state index in [1.807, 2.05) is 17.8 Å². The molecule has 1 aromatic heterocycles. The smallest absolute Gasteiger partial charge is 0.305 e. The van der Waals surface area contributed by atoms with Crippen LogP contribution in [0.15, 0.2) is 6.20 Å². The van der Waals surface area contributed by atoms with Crippen molar-refractivity contribution in [1.29, 1.82) is 0 Å². The number of hydrogen-bond donors (Lipinski definition) is 1. The summed E-state index contributed by atoms with van der Waals surface area (Å²) in [5.74, 6) is -0.136. The lowest BCUT2D eigenvalue weighted by Gasteiger charge is -2.17. The third-order valence-electron chi connectivity index (χ3n) is 2.57. The zero-order chi connectivity index (χ0) is 14.3. The van der Waals surface area contributed by atoms with Crippen LogP contribution in [0, 0.1) is 0 Å². The van der Waals surface area contributed by atoms with Crippen LogP contribution < -0.4 is 5.32 Å². The summed E-state index contributed by atoms with van der Waals surface area (Å²) in [4.78, 5) is 11.1. The van der Waals surface area contributed by atoms with Crippen LogP contribution in [0.3, 0.4) is 0 Å². The fraction of sp³-hybridized carbons (Fsp3) is 0.769. The molecule has 0 aliphatic rings. The number of nitrogens with zero attached hydrogens (tertiary/aromatic N) is 3. The molecule has 0 fully saturated rings. The molecule has 0 amide bonds. The molecule has 0 aromatic carbocycles. The zero-order valence-electron chi connectivity index (χ0n) is 12.3. The first-order chi connectivity index (χ1) is 8.93. The summed E-state index contributed by atoms with van der Waals surface area (Å²) in [6.45, 7) is 9.94. The van der Waals surface area contributed by atoms with Crippen LogP contribution in [-0.4, -0.2) is 34.1 Å². The Morgan fingerprint density at radius 3 is 2.79 bits per heavy atom. The fourth-order valence-electron chi connectivity index (χ4n) is 1.51. The lowest BCUT2D eigenvalue weighted by atomic mass is 10.1. The SMILES string of the molecule is CCOC(=O)CCCNCc1cn(C(C)(C)C)nn1. The molecule has 108 valence electrons. The van der Waals surface area contributed by atoms with Crippen LogP contribution in [0.5, 0.6) is 0 Å². The lowest BCUT2D eigenvalue weighted by molar-refractivity contribution is -0.143. The Bertz CT molecular complexity index is 396. The van der Waals surface area contributed by atoms with E-state index < -0.39 is 0 Å². The van der Waals surface area contributed by atoms with Gasteiger partial charge in [0.25, 0.3) is 0 Å². The van der Waals surface area contributed by atoms with Crippen LogP contribution in [0.2, 0.25) is 0 Å². The number of nitrogens with one attached hydrogen (secondary N) is 1. The minimum absolute atomic E-state index is 0.0465. The molecule has 1 N–H and O–H groups in total. The molecule has 1 heterocycles. The van der Waals surface area contributed by atoms with Crippen molar-refractivity contribution >= 4 is 5.97 Å². The normalized spacial score (nSPS) is 11.6. The summed E-state index contributed by atoms with van der Waals surface area (Å²) in [5.41, 5.74) is 0.862. The molecule has 0 unspecified atom stereocenters. The van der Waals surface area contributed by atoms with Crippen LogP contribution in [0.4, 0.5) is 0 Å². The van der Waals surface area contributed by atoms with Gasteiger partial charge in [0.1, 0.15) is 0 Å². The number of hydrogen-bond acceptors (Lipinski definition) is 5. The van der Waals surface area contributed by atoms with Gasteiger partial charge in [-0.05, 0) is 40.7 Å². The first kappa shape index (κ1) is 15.6. The molecule has 1 rings (SSSR count). The highest BCUT2D eigenvalue weighted by Gasteiger charge is 2.14. The Morgan fingerprint density at radius 1 is 1.47 bits per heavy atom. The van der Waals surface area contributed by atoms with Gasteiger partial charge in [0, 0.05) is 13.0 Å². The molecule has 0 atom stereocenters. The summed E-state index contributed by atoms with van der Waals surface area (Å²) in [6, 6.07) is 0. The Labute approximate surface area is 114 Å². The van der Waals surface area contributed by atoms with Gasteiger partial charge in [-0.2, -0.15) is 0 Å². The maximum Gasteiger partial charge on any atom is 0.305 e. The third kappa shape index (κ3) is 5.83. The topological polar surface area (TPSA) is 69.0 Å². The molecule has 0 saturated carbocycles. The van der Waals surface area contributed by atoms with Gasteiger partial charge in [-0.25, -0.2) is 4.68 Å². The van der Waals surface area contributed by atoms with Gasteiger partial charge in [0.05, 0.1) is 24.0 Å². The molecule has 1 aromatic rings. The first-order valence-electron chi connectivity index (χ1n) is 6.71. The lowest BCUT2D eigenvalue weighted by Crippen LogP contribution is -2.22. The third-order valence-corrected chi connectivity index (χ3v) is 2.57. The van der Waals surface area contributed by atoms with Gasteiger partial charge in [0.2, 0.25) is 0 Å². The van der Waals surface area contributed by atoms with Gasteiger partial charge in [-0.15, -0.1) is 5.10 Å². The number of ether oxygens (including phenoxy) is 1. The zero-order valence-corrected chi connectivity index (χ0v) is 12.3. The average Bonchev–Trinajstić information content (AvgIpc) is 2.77. The van der Waals surface area contributed by atoms with Gasteiger partial charge < -0.3 is 10.1 Å². The molecule has 0 bridgehead atoms. The van der Waals surface area contributed by atoms with Crippen molar-refractivity contribution in [2.45, 2.75) is 52.6 Å². The number of esters is 1. The van der Waals surface area contributed by atoms with E-state index in [0.29, 0.717) is 19.6 Å². The molecule has 0 aliphatic carbocycles. The minimum atomic E-state index is -0.136. The minimum Gasteiger partial charge on any atom is -0.466 e. The van der Waals surface area contributed by atoms with Gasteiger partial charge in [0.15, 0.2) is 0 Å². The Kier molecular flexibility index (Phi) is 5.95. The molecular formula is C13H24N4O2. The van der Waals surface area contributed by atoms with E-state index in [4.69, 9.17) is 4.74 Å². The summed E-state index contributed by atoms with van der Waals surface area (Å²) in [6.07, 6.45) is 3.17. The molecule has 0 radical (unpaired) electrons. The molecule has 0 saturated heterocycles. The summed E-state index contributed by atoms with van der Waals surface area (Å²) in [5, 5.41) is 11.4. The molecule has 19 heavy (non-hydrogen) atoms. The summed E-state index contributed by atoms with van der Waals surface area (Å²) in [7, 11) is 0. The summed E-state index contributed by atoms with van der Waals surface area (Å²) >= 11 is 0. The van der Waals surface area contributed by atoms with Crippen molar-refractivity contribution < 1.29 is 9.53 Å². The number of aromatic nitrogens is 3. The Balaban J connectivity index is 2.20. The second-order valence-electron chi connectivity index (χ2n) is 5.41. The van der Waals surface area contributed by atoms with E-state index in [-0.39, 0.29) is 11.5 Å². The summed E-state index contributed by atoms with van der Waals surface area (Å²) < 4.78 is 6.70. The Morgan fingerprint density at radius 2 is 2.21 bits per heavy atom. The van der Waals surface area contributed by atoms with Crippen LogP contribution in [0.1, 0.15) is 46.2 Å². The molecule has 6 heteroatoms. The van der Waals surface area contributed by atoms with Crippen molar-refractivity contribution in [3.63, 3.8) is 0 Å². The predicted molar refractivity (Wildman–Crippen MR) is 72.6 cm³/mol. The molecule has 0 spiro atoms. The van der Waals surface area contributed by atoms with E-state index in [0.717, 1.165) is 18.7 Å². The highest BCUT2D eigenvalue weighted by molar-refractivity contribution is 5.69. The highest BCUT2D eigenvalue weighted by Crippen LogP contribution is 2.11. The van der Waals surface area contributed by atoms with Crippen molar-refractivity contribution in [1.82, 2.24) is 20.3 Å². The number of carbonyl (C=O) groups is 1.